The second kappa shape index (κ2) is 6.88. The third-order valence-corrected chi connectivity index (χ3v) is 4.54. The molecule has 0 spiro atoms. The lowest BCUT2D eigenvalue weighted by molar-refractivity contribution is 0.193. The van der Waals surface area contributed by atoms with E-state index < -0.39 is 6.04 Å². The number of rotatable bonds is 1. The van der Waals surface area contributed by atoms with Gasteiger partial charge < -0.3 is 20.5 Å². The molecule has 0 fully saturated rings. The van der Waals surface area contributed by atoms with Gasteiger partial charge in [-0.25, -0.2) is 13.9 Å². The number of aliphatic hydroxyl groups excluding tert-OH is 1. The Morgan fingerprint density at radius 3 is 3.04 bits per heavy atom. The number of fused-ring (bicyclic) bond motifs is 2. The van der Waals surface area contributed by atoms with Gasteiger partial charge in [-0.3, -0.25) is 0 Å². The fraction of sp³-hybridized carbons (Fsp3) is 0.263. The van der Waals surface area contributed by atoms with Crippen molar-refractivity contribution in [3.8, 4) is 5.75 Å². The molecule has 1 aromatic carbocycles. The number of hydrogen-bond donors (Lipinski definition) is 3. The molecule has 27 heavy (non-hydrogen) atoms. The molecule has 2 aromatic heterocycles. The number of nitrogens with zero attached hydrogens (tertiary/aromatic N) is 3. The molecule has 3 N–H and O–H groups in total. The first-order valence-electron chi connectivity index (χ1n) is 8.65. The number of benzene rings is 1. The Kier molecular flexibility index (Phi) is 4.41. The summed E-state index contributed by atoms with van der Waals surface area (Å²) in [5.74, 6) is 0.824. The van der Waals surface area contributed by atoms with Crippen molar-refractivity contribution >= 4 is 17.2 Å². The van der Waals surface area contributed by atoms with E-state index in [4.69, 9.17) is 4.74 Å². The third-order valence-electron chi connectivity index (χ3n) is 4.54. The lowest BCUT2D eigenvalue weighted by Crippen LogP contribution is -2.36. The zero-order chi connectivity index (χ0) is 19.0. The Hall–Kier alpha value is -3.13. The number of ether oxygens (including phenoxy) is 1. The molecule has 1 aliphatic heterocycles. The molecule has 1 aliphatic rings. The maximum Gasteiger partial charge on any atom is 0.166 e. The average Bonchev–Trinajstić information content (AvgIpc) is 3.08. The molecular formula is C19H20FN5O2. The lowest BCUT2D eigenvalue weighted by Gasteiger charge is -2.22. The molecule has 0 saturated heterocycles. The summed E-state index contributed by atoms with van der Waals surface area (Å²) in [5, 5.41) is 20.4. The second-order valence-corrected chi connectivity index (χ2v) is 6.50. The van der Waals surface area contributed by atoms with Crippen LogP contribution in [0, 0.1) is 5.82 Å². The van der Waals surface area contributed by atoms with E-state index in [9.17, 15) is 9.50 Å². The largest absolute Gasteiger partial charge is 0.491 e. The maximum atomic E-state index is 13.8. The van der Waals surface area contributed by atoms with E-state index in [2.05, 4.69) is 27.3 Å². The van der Waals surface area contributed by atoms with Crippen molar-refractivity contribution in [2.24, 2.45) is 0 Å². The molecule has 0 amide bonds. The van der Waals surface area contributed by atoms with Gasteiger partial charge in [0.05, 0.1) is 30.5 Å². The number of aromatic nitrogens is 3. The Labute approximate surface area is 155 Å². The molecule has 0 radical (unpaired) electrons. The zero-order valence-corrected chi connectivity index (χ0v) is 14.8. The van der Waals surface area contributed by atoms with Crippen molar-refractivity contribution in [3.05, 3.63) is 60.2 Å². The van der Waals surface area contributed by atoms with Crippen LogP contribution in [0.5, 0.6) is 5.75 Å². The monoisotopic (exact) mass is 369 g/mol. The van der Waals surface area contributed by atoms with Crippen LogP contribution >= 0.6 is 0 Å². The first-order valence-corrected chi connectivity index (χ1v) is 8.65. The molecule has 3 heterocycles. The van der Waals surface area contributed by atoms with Gasteiger partial charge in [-0.1, -0.05) is 6.58 Å². The van der Waals surface area contributed by atoms with Crippen LogP contribution in [0.2, 0.25) is 0 Å². The highest BCUT2D eigenvalue weighted by molar-refractivity contribution is 5.74. The summed E-state index contributed by atoms with van der Waals surface area (Å²) in [5.41, 5.74) is 2.61. The van der Waals surface area contributed by atoms with E-state index in [0.29, 0.717) is 28.5 Å². The topological polar surface area (TPSA) is 83.7 Å². The van der Waals surface area contributed by atoms with Gasteiger partial charge >= 0.3 is 0 Å². The quantitative estimate of drug-likeness (QED) is 0.611. The van der Waals surface area contributed by atoms with Crippen LogP contribution < -0.4 is 15.4 Å². The molecule has 3 aromatic rings. The van der Waals surface area contributed by atoms with Crippen LogP contribution in [0.25, 0.3) is 11.3 Å². The summed E-state index contributed by atoms with van der Waals surface area (Å²) in [6.45, 7) is 5.99. The van der Waals surface area contributed by atoms with E-state index in [0.717, 1.165) is 5.56 Å². The third kappa shape index (κ3) is 3.31. The maximum absolute atomic E-state index is 13.8. The summed E-state index contributed by atoms with van der Waals surface area (Å²) in [6, 6.07) is 5.55. The van der Waals surface area contributed by atoms with Crippen molar-refractivity contribution in [1.29, 1.82) is 0 Å². The van der Waals surface area contributed by atoms with Crippen LogP contribution in [-0.4, -0.2) is 39.0 Å². The SMILES string of the molecule is C=C1N[C@@H](CO)COc2ccc(F)cc2[C@@H](C)Nc2ccn3ncc1c3n2. The van der Waals surface area contributed by atoms with Gasteiger partial charge in [0.2, 0.25) is 0 Å². The standard InChI is InChI=1S/C19H20FN5O2/c1-11-15-7-13(20)3-4-17(15)27-10-14(9-26)22-12(2)16-8-21-25-6-5-18(23-11)24-19(16)25/h3-8,11,14,22,26H,2,9-10H2,1H3,(H,23,24)/t11-,14+/m1/s1. The molecule has 2 atom stereocenters. The van der Waals surface area contributed by atoms with Gasteiger partial charge in [0.25, 0.3) is 0 Å². The zero-order valence-electron chi connectivity index (χ0n) is 14.8. The van der Waals surface area contributed by atoms with Crippen LogP contribution in [0.15, 0.2) is 43.2 Å². The number of anilines is 1. The molecular weight excluding hydrogens is 349 g/mol. The Balaban J connectivity index is 1.82. The minimum atomic E-state index is -0.391. The molecule has 8 heteroatoms. The molecule has 0 unspecified atom stereocenters. The van der Waals surface area contributed by atoms with E-state index in [1.807, 2.05) is 6.92 Å². The Morgan fingerprint density at radius 2 is 2.22 bits per heavy atom. The van der Waals surface area contributed by atoms with E-state index in [-0.39, 0.29) is 25.1 Å². The van der Waals surface area contributed by atoms with Crippen molar-refractivity contribution < 1.29 is 14.2 Å². The van der Waals surface area contributed by atoms with Gasteiger partial charge in [0.1, 0.15) is 24.0 Å². The number of hydrogen-bond acceptors (Lipinski definition) is 6. The molecule has 2 bridgehead atoms. The fourth-order valence-electron chi connectivity index (χ4n) is 3.11. The summed E-state index contributed by atoms with van der Waals surface area (Å²) in [7, 11) is 0. The van der Waals surface area contributed by atoms with Gasteiger partial charge in [0, 0.05) is 17.5 Å². The van der Waals surface area contributed by atoms with Crippen molar-refractivity contribution in [2.75, 3.05) is 18.5 Å². The second-order valence-electron chi connectivity index (χ2n) is 6.50. The lowest BCUT2D eigenvalue weighted by atomic mass is 10.1. The van der Waals surface area contributed by atoms with Gasteiger partial charge in [-0.2, -0.15) is 5.10 Å². The minimum Gasteiger partial charge on any atom is -0.491 e. The van der Waals surface area contributed by atoms with Crippen LogP contribution in [0.4, 0.5) is 10.2 Å². The Bertz CT molecular complexity index is 1000. The average molecular weight is 369 g/mol. The molecule has 0 saturated carbocycles. The van der Waals surface area contributed by atoms with E-state index in [1.165, 1.54) is 12.1 Å². The molecule has 140 valence electrons. The predicted molar refractivity (Wildman–Crippen MR) is 100.0 cm³/mol. The van der Waals surface area contributed by atoms with Crippen molar-refractivity contribution in [2.45, 2.75) is 19.0 Å². The van der Waals surface area contributed by atoms with Gasteiger partial charge in [-0.15, -0.1) is 0 Å². The van der Waals surface area contributed by atoms with Gasteiger partial charge in [-0.05, 0) is 31.2 Å². The summed E-state index contributed by atoms with van der Waals surface area (Å²) in [4.78, 5) is 4.62. The number of nitrogens with one attached hydrogen (secondary N) is 2. The smallest absolute Gasteiger partial charge is 0.166 e. The van der Waals surface area contributed by atoms with E-state index in [1.54, 1.807) is 29.0 Å². The number of halogens is 1. The van der Waals surface area contributed by atoms with E-state index >= 15 is 0 Å². The summed E-state index contributed by atoms with van der Waals surface area (Å²) >= 11 is 0. The molecule has 4 rings (SSSR count). The van der Waals surface area contributed by atoms with Crippen LogP contribution in [0.1, 0.15) is 24.1 Å². The first kappa shape index (κ1) is 17.3. The minimum absolute atomic E-state index is 0.152. The molecule has 7 nitrogen and oxygen atoms in total. The molecule has 0 aliphatic carbocycles. The van der Waals surface area contributed by atoms with Crippen molar-refractivity contribution in [3.63, 3.8) is 0 Å². The van der Waals surface area contributed by atoms with Crippen molar-refractivity contribution in [1.82, 2.24) is 19.9 Å². The van der Waals surface area contributed by atoms with Gasteiger partial charge in [0.15, 0.2) is 5.65 Å². The summed E-state index contributed by atoms with van der Waals surface area (Å²) in [6.07, 6.45) is 3.46. The normalized spacial score (nSPS) is 19.9. The highest BCUT2D eigenvalue weighted by Gasteiger charge is 2.19. The predicted octanol–water partition coefficient (Wildman–Crippen LogP) is 2.36. The highest BCUT2D eigenvalue weighted by atomic mass is 19.1. The van der Waals surface area contributed by atoms with Crippen LogP contribution in [0.3, 0.4) is 0 Å². The first-order chi connectivity index (χ1) is 13.0. The number of aliphatic hydroxyl groups is 1. The highest BCUT2D eigenvalue weighted by Crippen LogP contribution is 2.29. The summed E-state index contributed by atoms with van der Waals surface area (Å²) < 4.78 is 21.4. The van der Waals surface area contributed by atoms with Crippen LogP contribution in [-0.2, 0) is 0 Å². The fourth-order valence-corrected chi connectivity index (χ4v) is 3.11. The Morgan fingerprint density at radius 1 is 1.37 bits per heavy atom.